The summed E-state index contributed by atoms with van der Waals surface area (Å²) in [4.78, 5) is 4.20. The summed E-state index contributed by atoms with van der Waals surface area (Å²) in [7, 11) is 3.27. The number of anilines is 1. The van der Waals surface area contributed by atoms with Crippen molar-refractivity contribution in [1.29, 1.82) is 0 Å². The zero-order valence-corrected chi connectivity index (χ0v) is 9.55. The van der Waals surface area contributed by atoms with Gasteiger partial charge in [-0.05, 0) is 12.1 Å². The summed E-state index contributed by atoms with van der Waals surface area (Å²) < 4.78 is 31.3. The molecule has 3 nitrogen and oxygen atoms in total. The van der Waals surface area contributed by atoms with E-state index in [4.69, 9.17) is 4.74 Å². The molecule has 0 saturated heterocycles. The van der Waals surface area contributed by atoms with Crippen molar-refractivity contribution in [2.24, 2.45) is 0 Å². The Labute approximate surface area is 97.4 Å². The number of hydrogen-bond donors (Lipinski definition) is 1. The van der Waals surface area contributed by atoms with E-state index in [1.165, 1.54) is 0 Å². The first-order valence-electron chi connectivity index (χ1n) is 5.11. The van der Waals surface area contributed by atoms with Crippen molar-refractivity contribution >= 4 is 16.6 Å². The summed E-state index contributed by atoms with van der Waals surface area (Å²) >= 11 is 0. The van der Waals surface area contributed by atoms with Crippen LogP contribution in [-0.4, -0.2) is 19.1 Å². The molecule has 0 unspecified atom stereocenters. The lowest BCUT2D eigenvalue weighted by Crippen LogP contribution is -1.99. The Kier molecular flexibility index (Phi) is 3.19. The van der Waals surface area contributed by atoms with Crippen LogP contribution in [0.5, 0.6) is 0 Å². The first kappa shape index (κ1) is 11.7. The van der Waals surface area contributed by atoms with Crippen LogP contribution < -0.4 is 5.32 Å². The van der Waals surface area contributed by atoms with Crippen LogP contribution >= 0.6 is 0 Å². The molecule has 0 fully saturated rings. The maximum absolute atomic E-state index is 13.2. The summed E-state index contributed by atoms with van der Waals surface area (Å²) in [6.07, 6.45) is 0. The standard InChI is InChI=1S/C12H12F2N2O/c1-15-11-3-7(6-17-2)16-12-5-10(14)9(13)4-8(11)12/h3-5H,6H2,1-2H3,(H,15,16). The van der Waals surface area contributed by atoms with Gasteiger partial charge in [0.1, 0.15) is 0 Å². The minimum absolute atomic E-state index is 0.323. The molecule has 0 saturated carbocycles. The van der Waals surface area contributed by atoms with E-state index in [0.29, 0.717) is 28.9 Å². The second-order valence-corrected chi connectivity index (χ2v) is 3.63. The van der Waals surface area contributed by atoms with Crippen LogP contribution in [-0.2, 0) is 11.3 Å². The van der Waals surface area contributed by atoms with E-state index in [2.05, 4.69) is 10.3 Å². The molecule has 2 rings (SSSR count). The summed E-state index contributed by atoms with van der Waals surface area (Å²) in [5.41, 5.74) is 1.76. The van der Waals surface area contributed by atoms with E-state index < -0.39 is 11.6 Å². The quantitative estimate of drug-likeness (QED) is 0.892. The number of rotatable bonds is 3. The first-order valence-corrected chi connectivity index (χ1v) is 5.11. The van der Waals surface area contributed by atoms with Crippen molar-refractivity contribution in [3.05, 3.63) is 35.5 Å². The fraction of sp³-hybridized carbons (Fsp3) is 0.250. The third kappa shape index (κ3) is 2.19. The zero-order valence-electron chi connectivity index (χ0n) is 9.55. The molecule has 0 radical (unpaired) electrons. The number of hydrogen-bond acceptors (Lipinski definition) is 3. The summed E-state index contributed by atoms with van der Waals surface area (Å²) in [6.45, 7) is 0.323. The van der Waals surface area contributed by atoms with Crippen LogP contribution in [0.3, 0.4) is 0 Å². The zero-order chi connectivity index (χ0) is 12.4. The monoisotopic (exact) mass is 238 g/mol. The van der Waals surface area contributed by atoms with Gasteiger partial charge in [-0.3, -0.25) is 4.98 Å². The van der Waals surface area contributed by atoms with Gasteiger partial charge in [-0.1, -0.05) is 0 Å². The molecule has 2 aromatic rings. The number of fused-ring (bicyclic) bond motifs is 1. The third-order valence-corrected chi connectivity index (χ3v) is 2.47. The molecule has 0 aliphatic carbocycles. The fourth-order valence-electron chi connectivity index (χ4n) is 1.70. The highest BCUT2D eigenvalue weighted by molar-refractivity contribution is 5.91. The first-order chi connectivity index (χ1) is 8.15. The Morgan fingerprint density at radius 2 is 1.94 bits per heavy atom. The van der Waals surface area contributed by atoms with Crippen LogP contribution in [0.15, 0.2) is 18.2 Å². The number of pyridine rings is 1. The van der Waals surface area contributed by atoms with Gasteiger partial charge in [-0.25, -0.2) is 8.78 Å². The molecule has 1 aromatic heterocycles. The average Bonchev–Trinajstić information content (AvgIpc) is 2.31. The van der Waals surface area contributed by atoms with Crippen LogP contribution in [0.25, 0.3) is 10.9 Å². The number of benzene rings is 1. The van der Waals surface area contributed by atoms with Gasteiger partial charge in [0.15, 0.2) is 11.6 Å². The van der Waals surface area contributed by atoms with Crippen LogP contribution in [0.4, 0.5) is 14.5 Å². The molecular formula is C12H12F2N2O. The molecule has 0 aliphatic heterocycles. The van der Waals surface area contributed by atoms with Gasteiger partial charge in [-0.2, -0.15) is 0 Å². The minimum Gasteiger partial charge on any atom is -0.388 e. The predicted octanol–water partition coefficient (Wildman–Crippen LogP) is 2.70. The van der Waals surface area contributed by atoms with Crippen molar-refractivity contribution in [1.82, 2.24) is 4.98 Å². The van der Waals surface area contributed by atoms with E-state index >= 15 is 0 Å². The molecule has 0 amide bonds. The lowest BCUT2D eigenvalue weighted by molar-refractivity contribution is 0.182. The van der Waals surface area contributed by atoms with Gasteiger partial charge >= 0.3 is 0 Å². The molecule has 5 heteroatoms. The fourth-order valence-corrected chi connectivity index (χ4v) is 1.70. The highest BCUT2D eigenvalue weighted by Gasteiger charge is 2.10. The van der Waals surface area contributed by atoms with Crippen LogP contribution in [0.1, 0.15) is 5.69 Å². The normalized spacial score (nSPS) is 10.8. The van der Waals surface area contributed by atoms with Gasteiger partial charge in [0.05, 0.1) is 17.8 Å². The highest BCUT2D eigenvalue weighted by atomic mass is 19.2. The molecular weight excluding hydrogens is 226 g/mol. The molecule has 17 heavy (non-hydrogen) atoms. The third-order valence-electron chi connectivity index (χ3n) is 2.47. The smallest absolute Gasteiger partial charge is 0.161 e. The van der Waals surface area contributed by atoms with Crippen molar-refractivity contribution < 1.29 is 13.5 Å². The van der Waals surface area contributed by atoms with Gasteiger partial charge in [-0.15, -0.1) is 0 Å². The van der Waals surface area contributed by atoms with Gasteiger partial charge in [0, 0.05) is 31.3 Å². The maximum atomic E-state index is 13.2. The second-order valence-electron chi connectivity index (χ2n) is 3.63. The van der Waals surface area contributed by atoms with Gasteiger partial charge in [0.25, 0.3) is 0 Å². The van der Waals surface area contributed by atoms with Crippen LogP contribution in [0.2, 0.25) is 0 Å². The number of halogens is 2. The molecule has 1 aromatic carbocycles. The number of nitrogens with one attached hydrogen (secondary N) is 1. The van der Waals surface area contributed by atoms with Crippen LogP contribution in [0, 0.1) is 11.6 Å². The molecule has 0 bridgehead atoms. The Hall–Kier alpha value is -1.75. The highest BCUT2D eigenvalue weighted by Crippen LogP contribution is 2.25. The number of nitrogens with zero attached hydrogens (tertiary/aromatic N) is 1. The van der Waals surface area contributed by atoms with Crippen molar-refractivity contribution in [3.8, 4) is 0 Å². The predicted molar refractivity (Wildman–Crippen MR) is 61.9 cm³/mol. The maximum Gasteiger partial charge on any atom is 0.161 e. The van der Waals surface area contributed by atoms with E-state index in [-0.39, 0.29) is 0 Å². The molecule has 90 valence electrons. The number of aromatic nitrogens is 1. The number of ether oxygens (including phenoxy) is 1. The van der Waals surface area contributed by atoms with Gasteiger partial charge in [0.2, 0.25) is 0 Å². The Bertz CT molecular complexity index is 558. The van der Waals surface area contributed by atoms with E-state index in [9.17, 15) is 8.78 Å². The SMILES string of the molecule is CNc1cc(COC)nc2cc(F)c(F)cc12. The second kappa shape index (κ2) is 4.63. The van der Waals surface area contributed by atoms with E-state index in [1.807, 2.05) is 0 Å². The van der Waals surface area contributed by atoms with Crippen molar-refractivity contribution in [2.45, 2.75) is 6.61 Å². The molecule has 0 spiro atoms. The van der Waals surface area contributed by atoms with E-state index in [0.717, 1.165) is 12.1 Å². The van der Waals surface area contributed by atoms with Crippen molar-refractivity contribution in [3.63, 3.8) is 0 Å². The van der Waals surface area contributed by atoms with Crippen molar-refractivity contribution in [2.75, 3.05) is 19.5 Å². The molecule has 1 N–H and O–H groups in total. The number of methoxy groups -OCH3 is 1. The summed E-state index contributed by atoms with van der Waals surface area (Å²) in [5, 5.41) is 3.48. The lowest BCUT2D eigenvalue weighted by Gasteiger charge is -2.09. The topological polar surface area (TPSA) is 34.1 Å². The van der Waals surface area contributed by atoms with Gasteiger partial charge < -0.3 is 10.1 Å². The Morgan fingerprint density at radius 3 is 2.59 bits per heavy atom. The summed E-state index contributed by atoms with van der Waals surface area (Å²) in [5.74, 6) is -1.78. The Balaban J connectivity index is 2.68. The molecule has 0 atom stereocenters. The largest absolute Gasteiger partial charge is 0.388 e. The minimum atomic E-state index is -0.901. The van der Waals surface area contributed by atoms with E-state index in [1.54, 1.807) is 20.2 Å². The average molecular weight is 238 g/mol. The molecule has 0 aliphatic rings. The molecule has 1 heterocycles. The summed E-state index contributed by atoms with van der Waals surface area (Å²) in [6, 6.07) is 3.98. The lowest BCUT2D eigenvalue weighted by atomic mass is 10.1. The Morgan fingerprint density at radius 1 is 1.24 bits per heavy atom.